The molecule has 0 spiro atoms. The summed E-state index contributed by atoms with van der Waals surface area (Å²) < 4.78 is 5.62. The highest BCUT2D eigenvalue weighted by Crippen LogP contribution is 2.11. The number of hydrogen-bond acceptors (Lipinski definition) is 3. The van der Waals surface area contributed by atoms with E-state index in [-0.39, 0.29) is 0 Å². The van der Waals surface area contributed by atoms with E-state index in [2.05, 4.69) is 31.3 Å². The quantitative estimate of drug-likeness (QED) is 0.705. The maximum Gasteiger partial charge on any atom is 0.119 e. The van der Waals surface area contributed by atoms with Crippen molar-refractivity contribution in [3.05, 3.63) is 29.8 Å². The second-order valence-corrected chi connectivity index (χ2v) is 5.01. The summed E-state index contributed by atoms with van der Waals surface area (Å²) in [6.07, 6.45) is 0. The number of benzene rings is 1. The SMILES string of the molecule is CCSCCNCCOc1cccc(C)c1. The van der Waals surface area contributed by atoms with Crippen LogP contribution in [0.5, 0.6) is 5.75 Å². The van der Waals surface area contributed by atoms with Crippen LogP contribution in [0, 0.1) is 6.92 Å². The smallest absolute Gasteiger partial charge is 0.119 e. The highest BCUT2D eigenvalue weighted by Gasteiger charge is 1.93. The van der Waals surface area contributed by atoms with Crippen LogP contribution in [0.15, 0.2) is 24.3 Å². The summed E-state index contributed by atoms with van der Waals surface area (Å²) in [5, 5.41) is 3.36. The topological polar surface area (TPSA) is 21.3 Å². The van der Waals surface area contributed by atoms with Crippen molar-refractivity contribution >= 4 is 11.8 Å². The maximum atomic E-state index is 5.62. The zero-order chi connectivity index (χ0) is 11.6. The van der Waals surface area contributed by atoms with Gasteiger partial charge in [0.15, 0.2) is 0 Å². The number of hydrogen-bond donors (Lipinski definition) is 1. The molecule has 0 saturated carbocycles. The third-order valence-corrected chi connectivity index (χ3v) is 3.07. The van der Waals surface area contributed by atoms with Gasteiger partial charge in [-0.2, -0.15) is 11.8 Å². The Labute approximate surface area is 103 Å². The molecule has 1 rings (SSSR count). The molecule has 1 N–H and O–H groups in total. The first-order valence-electron chi connectivity index (χ1n) is 5.81. The summed E-state index contributed by atoms with van der Waals surface area (Å²) in [6.45, 7) is 6.98. The number of aryl methyl sites for hydroxylation is 1. The highest BCUT2D eigenvalue weighted by molar-refractivity contribution is 7.99. The lowest BCUT2D eigenvalue weighted by molar-refractivity contribution is 0.315. The second-order valence-electron chi connectivity index (χ2n) is 3.61. The van der Waals surface area contributed by atoms with E-state index in [1.165, 1.54) is 17.1 Å². The van der Waals surface area contributed by atoms with Gasteiger partial charge in [-0.3, -0.25) is 0 Å². The van der Waals surface area contributed by atoms with Gasteiger partial charge in [-0.25, -0.2) is 0 Å². The largest absolute Gasteiger partial charge is 0.492 e. The van der Waals surface area contributed by atoms with Gasteiger partial charge in [-0.15, -0.1) is 0 Å². The number of nitrogens with one attached hydrogen (secondary N) is 1. The molecular weight excluding hydrogens is 218 g/mol. The average Bonchev–Trinajstić information content (AvgIpc) is 2.28. The van der Waals surface area contributed by atoms with E-state index in [0.717, 1.165) is 25.4 Å². The molecule has 0 unspecified atom stereocenters. The predicted molar refractivity (Wildman–Crippen MR) is 72.5 cm³/mol. The van der Waals surface area contributed by atoms with E-state index in [1.54, 1.807) is 0 Å². The molecule has 2 nitrogen and oxygen atoms in total. The van der Waals surface area contributed by atoms with Crippen molar-refractivity contribution in [2.24, 2.45) is 0 Å². The van der Waals surface area contributed by atoms with Crippen molar-refractivity contribution in [2.75, 3.05) is 31.2 Å². The summed E-state index contributed by atoms with van der Waals surface area (Å²) in [5.41, 5.74) is 1.24. The van der Waals surface area contributed by atoms with Crippen LogP contribution in [0.2, 0.25) is 0 Å². The van der Waals surface area contributed by atoms with Crippen molar-refractivity contribution < 1.29 is 4.74 Å². The van der Waals surface area contributed by atoms with Gasteiger partial charge >= 0.3 is 0 Å². The Bertz CT molecular complexity index is 291. The van der Waals surface area contributed by atoms with E-state index >= 15 is 0 Å². The molecule has 0 atom stereocenters. The second kappa shape index (κ2) is 8.48. The van der Waals surface area contributed by atoms with Gasteiger partial charge in [0.25, 0.3) is 0 Å². The number of ether oxygens (including phenoxy) is 1. The van der Waals surface area contributed by atoms with Gasteiger partial charge in [-0.05, 0) is 30.4 Å². The van der Waals surface area contributed by atoms with E-state index < -0.39 is 0 Å². The van der Waals surface area contributed by atoms with Crippen LogP contribution >= 0.6 is 11.8 Å². The molecule has 0 aliphatic rings. The average molecular weight is 239 g/mol. The third kappa shape index (κ3) is 6.03. The fourth-order valence-corrected chi connectivity index (χ4v) is 1.94. The van der Waals surface area contributed by atoms with Crippen LogP contribution in [-0.2, 0) is 0 Å². The summed E-state index contributed by atoms with van der Waals surface area (Å²) >= 11 is 1.96. The zero-order valence-electron chi connectivity index (χ0n) is 10.2. The summed E-state index contributed by atoms with van der Waals surface area (Å²) in [7, 11) is 0. The molecule has 1 aromatic rings. The predicted octanol–water partition coefficient (Wildman–Crippen LogP) is 2.72. The van der Waals surface area contributed by atoms with Crippen molar-refractivity contribution in [1.82, 2.24) is 5.32 Å². The normalized spacial score (nSPS) is 10.4. The van der Waals surface area contributed by atoms with Crippen LogP contribution in [0.4, 0.5) is 0 Å². The number of rotatable bonds is 8. The first-order valence-corrected chi connectivity index (χ1v) is 6.96. The maximum absolute atomic E-state index is 5.62. The van der Waals surface area contributed by atoms with Crippen molar-refractivity contribution in [3.63, 3.8) is 0 Å². The van der Waals surface area contributed by atoms with Gasteiger partial charge in [0, 0.05) is 18.8 Å². The molecule has 0 bridgehead atoms. The van der Waals surface area contributed by atoms with Crippen LogP contribution in [0.1, 0.15) is 12.5 Å². The molecule has 0 aliphatic carbocycles. The van der Waals surface area contributed by atoms with Crippen LogP contribution in [0.3, 0.4) is 0 Å². The molecule has 3 heteroatoms. The minimum Gasteiger partial charge on any atom is -0.492 e. The third-order valence-electron chi connectivity index (χ3n) is 2.16. The van der Waals surface area contributed by atoms with Gasteiger partial charge in [-0.1, -0.05) is 19.1 Å². The fourth-order valence-electron chi connectivity index (χ4n) is 1.36. The highest BCUT2D eigenvalue weighted by atomic mass is 32.2. The van der Waals surface area contributed by atoms with Crippen LogP contribution < -0.4 is 10.1 Å². The minimum atomic E-state index is 0.736. The Morgan fingerprint density at radius 2 is 2.19 bits per heavy atom. The lowest BCUT2D eigenvalue weighted by Crippen LogP contribution is -2.23. The summed E-state index contributed by atoms with van der Waals surface area (Å²) in [5.74, 6) is 3.34. The van der Waals surface area contributed by atoms with Crippen LogP contribution in [-0.4, -0.2) is 31.2 Å². The van der Waals surface area contributed by atoms with E-state index in [0.29, 0.717) is 0 Å². The Morgan fingerprint density at radius 3 is 2.94 bits per heavy atom. The standard InChI is InChI=1S/C13H21NOS/c1-3-16-10-8-14-7-9-15-13-6-4-5-12(2)11-13/h4-6,11,14H,3,7-10H2,1-2H3. The fraction of sp³-hybridized carbons (Fsp3) is 0.538. The Balaban J connectivity index is 2.03. The molecule has 0 aromatic heterocycles. The van der Waals surface area contributed by atoms with E-state index in [9.17, 15) is 0 Å². The Morgan fingerprint density at radius 1 is 1.31 bits per heavy atom. The van der Waals surface area contributed by atoms with Crippen molar-refractivity contribution in [1.29, 1.82) is 0 Å². The number of thioether (sulfide) groups is 1. The molecule has 16 heavy (non-hydrogen) atoms. The van der Waals surface area contributed by atoms with Gasteiger partial charge in [0.05, 0.1) is 0 Å². The van der Waals surface area contributed by atoms with Crippen LogP contribution in [0.25, 0.3) is 0 Å². The molecule has 0 heterocycles. The molecule has 0 radical (unpaired) electrons. The van der Waals surface area contributed by atoms with Crippen molar-refractivity contribution in [3.8, 4) is 5.75 Å². The Kier molecular flexibility index (Phi) is 7.10. The first kappa shape index (κ1) is 13.4. The molecule has 0 saturated heterocycles. The Hall–Kier alpha value is -0.670. The molecule has 0 fully saturated rings. The van der Waals surface area contributed by atoms with Gasteiger partial charge in [0.1, 0.15) is 12.4 Å². The van der Waals surface area contributed by atoms with E-state index in [4.69, 9.17) is 4.74 Å². The van der Waals surface area contributed by atoms with Gasteiger partial charge in [0.2, 0.25) is 0 Å². The van der Waals surface area contributed by atoms with Crippen molar-refractivity contribution in [2.45, 2.75) is 13.8 Å². The zero-order valence-corrected chi connectivity index (χ0v) is 11.0. The first-order chi connectivity index (χ1) is 7.83. The van der Waals surface area contributed by atoms with Gasteiger partial charge < -0.3 is 10.1 Å². The monoisotopic (exact) mass is 239 g/mol. The summed E-state index contributed by atoms with van der Waals surface area (Å²) in [4.78, 5) is 0. The molecule has 0 aliphatic heterocycles. The lowest BCUT2D eigenvalue weighted by Gasteiger charge is -2.07. The minimum absolute atomic E-state index is 0.736. The molecule has 1 aromatic carbocycles. The van der Waals surface area contributed by atoms with E-state index in [1.807, 2.05) is 23.9 Å². The molecular formula is C13H21NOS. The molecule has 90 valence electrons. The lowest BCUT2D eigenvalue weighted by atomic mass is 10.2. The summed E-state index contributed by atoms with van der Waals surface area (Å²) in [6, 6.07) is 8.16. The molecule has 0 amide bonds.